The van der Waals surface area contributed by atoms with Crippen molar-refractivity contribution in [3.05, 3.63) is 94.0 Å². The monoisotopic (exact) mass is 346 g/mol. The molecule has 0 unspecified atom stereocenters. The molecule has 0 aliphatic carbocycles. The van der Waals surface area contributed by atoms with Gasteiger partial charge in [-0.15, -0.1) is 0 Å². The van der Waals surface area contributed by atoms with Crippen molar-refractivity contribution in [1.29, 1.82) is 0 Å². The molecular weight excluding hydrogens is 332 g/mol. The SMILES string of the molecule is Cc1ccc2cc(C3=CC(=Cc4cccc(Cl)c4)C(=O)O3)ccc2c1. The summed E-state index contributed by atoms with van der Waals surface area (Å²) >= 11 is 6.00. The zero-order chi connectivity index (χ0) is 17.4. The van der Waals surface area contributed by atoms with E-state index in [-0.39, 0.29) is 5.97 Å². The lowest BCUT2D eigenvalue weighted by Gasteiger charge is -2.05. The average molecular weight is 347 g/mol. The Kier molecular flexibility index (Phi) is 3.90. The number of halogens is 1. The maximum absolute atomic E-state index is 12.2. The first-order chi connectivity index (χ1) is 12.1. The molecule has 3 aromatic rings. The molecule has 1 aliphatic rings. The first-order valence-corrected chi connectivity index (χ1v) is 8.38. The van der Waals surface area contributed by atoms with E-state index in [1.165, 1.54) is 10.9 Å². The molecule has 0 aromatic heterocycles. The molecule has 122 valence electrons. The molecule has 1 aliphatic heterocycles. The number of carbonyl (C=O) groups excluding carboxylic acids is 1. The van der Waals surface area contributed by atoms with Gasteiger partial charge in [0, 0.05) is 10.6 Å². The quantitative estimate of drug-likeness (QED) is 0.434. The van der Waals surface area contributed by atoms with Gasteiger partial charge in [0.15, 0.2) is 0 Å². The van der Waals surface area contributed by atoms with Crippen LogP contribution < -0.4 is 0 Å². The number of hydrogen-bond donors (Lipinski definition) is 0. The first kappa shape index (κ1) is 15.7. The minimum absolute atomic E-state index is 0.348. The van der Waals surface area contributed by atoms with Crippen LogP contribution in [0.5, 0.6) is 0 Å². The summed E-state index contributed by atoms with van der Waals surface area (Å²) in [4.78, 5) is 12.2. The lowest BCUT2D eigenvalue weighted by atomic mass is 10.0. The summed E-state index contributed by atoms with van der Waals surface area (Å²) in [6, 6.07) is 19.7. The van der Waals surface area contributed by atoms with Crippen LogP contribution in [0.2, 0.25) is 5.02 Å². The van der Waals surface area contributed by atoms with E-state index >= 15 is 0 Å². The smallest absolute Gasteiger partial charge is 0.343 e. The minimum atomic E-state index is -0.348. The van der Waals surface area contributed by atoms with Crippen LogP contribution in [0.15, 0.2) is 72.3 Å². The number of aryl methyl sites for hydroxylation is 1. The van der Waals surface area contributed by atoms with Crippen LogP contribution in [-0.4, -0.2) is 5.97 Å². The fourth-order valence-electron chi connectivity index (χ4n) is 2.93. The number of ether oxygens (including phenoxy) is 1. The Morgan fingerprint density at radius 2 is 1.76 bits per heavy atom. The van der Waals surface area contributed by atoms with E-state index in [0.29, 0.717) is 16.4 Å². The third-order valence-electron chi connectivity index (χ3n) is 4.18. The predicted octanol–water partition coefficient (Wildman–Crippen LogP) is 5.78. The fraction of sp³-hybridized carbons (Fsp3) is 0.0455. The van der Waals surface area contributed by atoms with E-state index in [2.05, 4.69) is 25.1 Å². The molecule has 3 aromatic carbocycles. The molecule has 0 spiro atoms. The van der Waals surface area contributed by atoms with Crippen molar-refractivity contribution in [3.63, 3.8) is 0 Å². The summed E-state index contributed by atoms with van der Waals surface area (Å²) in [5, 5.41) is 2.92. The third-order valence-corrected chi connectivity index (χ3v) is 4.41. The van der Waals surface area contributed by atoms with E-state index in [4.69, 9.17) is 16.3 Å². The molecule has 2 nitrogen and oxygen atoms in total. The van der Waals surface area contributed by atoms with Crippen molar-refractivity contribution < 1.29 is 9.53 Å². The summed E-state index contributed by atoms with van der Waals surface area (Å²) in [6.45, 7) is 2.07. The molecule has 0 N–H and O–H groups in total. The van der Waals surface area contributed by atoms with Crippen molar-refractivity contribution in [2.24, 2.45) is 0 Å². The Morgan fingerprint density at radius 3 is 2.60 bits per heavy atom. The average Bonchev–Trinajstić information content (AvgIpc) is 2.95. The number of carbonyl (C=O) groups is 1. The molecule has 0 saturated carbocycles. The van der Waals surface area contributed by atoms with Crippen LogP contribution in [0, 0.1) is 6.92 Å². The standard InChI is InChI=1S/C22H15ClO2/c1-14-5-6-17-12-18(8-7-16(17)9-14)21-13-19(22(24)25-21)10-15-3-2-4-20(23)11-15/h2-13H,1H3. The van der Waals surface area contributed by atoms with E-state index < -0.39 is 0 Å². The van der Waals surface area contributed by atoms with Gasteiger partial charge in [-0.3, -0.25) is 0 Å². The number of benzene rings is 3. The molecule has 1 heterocycles. The van der Waals surface area contributed by atoms with E-state index in [1.807, 2.05) is 36.4 Å². The van der Waals surface area contributed by atoms with Crippen LogP contribution in [0.1, 0.15) is 16.7 Å². The summed E-state index contributed by atoms with van der Waals surface area (Å²) in [5.41, 5.74) is 3.49. The molecular formula is C22H15ClO2. The van der Waals surface area contributed by atoms with E-state index in [9.17, 15) is 4.79 Å². The first-order valence-electron chi connectivity index (χ1n) is 8.00. The van der Waals surface area contributed by atoms with Crippen molar-refractivity contribution in [2.75, 3.05) is 0 Å². The van der Waals surface area contributed by atoms with Gasteiger partial charge in [0.1, 0.15) is 5.76 Å². The number of hydrogen-bond acceptors (Lipinski definition) is 2. The van der Waals surface area contributed by atoms with Gasteiger partial charge >= 0.3 is 5.97 Å². The summed E-state index contributed by atoms with van der Waals surface area (Å²) in [6.07, 6.45) is 3.56. The van der Waals surface area contributed by atoms with Crippen molar-refractivity contribution in [3.8, 4) is 0 Å². The number of fused-ring (bicyclic) bond motifs is 1. The van der Waals surface area contributed by atoms with Crippen LogP contribution in [0.3, 0.4) is 0 Å². The summed E-state index contributed by atoms with van der Waals surface area (Å²) in [5.74, 6) is 0.222. The molecule has 0 atom stereocenters. The van der Waals surface area contributed by atoms with Crippen LogP contribution in [0.4, 0.5) is 0 Å². The Balaban J connectivity index is 1.71. The van der Waals surface area contributed by atoms with Crippen molar-refractivity contribution in [1.82, 2.24) is 0 Å². The second-order valence-electron chi connectivity index (χ2n) is 6.12. The molecule has 0 fully saturated rings. The van der Waals surface area contributed by atoms with Gasteiger partial charge < -0.3 is 4.74 Å². The Morgan fingerprint density at radius 1 is 0.960 bits per heavy atom. The second-order valence-corrected chi connectivity index (χ2v) is 6.55. The topological polar surface area (TPSA) is 26.3 Å². The third kappa shape index (κ3) is 3.21. The number of rotatable bonds is 2. The zero-order valence-electron chi connectivity index (χ0n) is 13.6. The second kappa shape index (κ2) is 6.23. The van der Waals surface area contributed by atoms with Gasteiger partial charge in [0.25, 0.3) is 0 Å². The zero-order valence-corrected chi connectivity index (χ0v) is 14.4. The Bertz CT molecular complexity index is 1060. The molecule has 0 amide bonds. The maximum Gasteiger partial charge on any atom is 0.343 e. The molecule has 0 bridgehead atoms. The van der Waals surface area contributed by atoms with Crippen molar-refractivity contribution >= 4 is 40.2 Å². The van der Waals surface area contributed by atoms with Crippen LogP contribution in [-0.2, 0) is 9.53 Å². The summed E-state index contributed by atoms with van der Waals surface area (Å²) in [7, 11) is 0. The lowest BCUT2D eigenvalue weighted by molar-refractivity contribution is -0.130. The highest BCUT2D eigenvalue weighted by atomic mass is 35.5. The van der Waals surface area contributed by atoms with Crippen LogP contribution in [0.25, 0.3) is 22.6 Å². The summed E-state index contributed by atoms with van der Waals surface area (Å²) < 4.78 is 5.46. The van der Waals surface area contributed by atoms with Crippen molar-refractivity contribution in [2.45, 2.75) is 6.92 Å². The van der Waals surface area contributed by atoms with Gasteiger partial charge in [-0.25, -0.2) is 4.79 Å². The largest absolute Gasteiger partial charge is 0.422 e. The minimum Gasteiger partial charge on any atom is -0.422 e. The molecule has 0 saturated heterocycles. The molecule has 25 heavy (non-hydrogen) atoms. The van der Waals surface area contributed by atoms with Gasteiger partial charge in [-0.05, 0) is 53.6 Å². The maximum atomic E-state index is 12.2. The van der Waals surface area contributed by atoms with E-state index in [0.717, 1.165) is 16.5 Å². The number of esters is 1. The molecule has 3 heteroatoms. The highest BCUT2D eigenvalue weighted by molar-refractivity contribution is 6.30. The molecule has 0 radical (unpaired) electrons. The normalized spacial score (nSPS) is 15.5. The lowest BCUT2D eigenvalue weighted by Crippen LogP contribution is -1.97. The van der Waals surface area contributed by atoms with Gasteiger partial charge in [-0.2, -0.15) is 0 Å². The predicted molar refractivity (Wildman–Crippen MR) is 102 cm³/mol. The Hall–Kier alpha value is -2.84. The van der Waals surface area contributed by atoms with Gasteiger partial charge in [-0.1, -0.05) is 59.6 Å². The molecule has 4 rings (SSSR count). The highest BCUT2D eigenvalue weighted by Crippen LogP contribution is 2.30. The Labute approximate surface area is 151 Å². The fourth-order valence-corrected chi connectivity index (χ4v) is 3.12. The number of cyclic esters (lactones) is 1. The van der Waals surface area contributed by atoms with E-state index in [1.54, 1.807) is 18.2 Å². The van der Waals surface area contributed by atoms with Gasteiger partial charge in [0.05, 0.1) is 5.57 Å². The van der Waals surface area contributed by atoms with Crippen LogP contribution >= 0.6 is 11.6 Å². The highest BCUT2D eigenvalue weighted by Gasteiger charge is 2.22. The van der Waals surface area contributed by atoms with Gasteiger partial charge in [0.2, 0.25) is 0 Å².